The summed E-state index contributed by atoms with van der Waals surface area (Å²) in [5.74, 6) is 0.938. The molecule has 0 aliphatic carbocycles. The Bertz CT molecular complexity index is 903. The molecule has 3 aromatic rings. The smallest absolute Gasteiger partial charge is 0.353 e. The van der Waals surface area contributed by atoms with E-state index in [1.807, 2.05) is 11.4 Å². The maximum Gasteiger partial charge on any atom is 0.433 e. The monoisotopic (exact) mass is 379 g/mol. The number of fused-ring (bicyclic) bond motifs is 1. The van der Waals surface area contributed by atoms with E-state index in [9.17, 15) is 13.2 Å². The van der Waals surface area contributed by atoms with E-state index < -0.39 is 11.9 Å². The summed E-state index contributed by atoms with van der Waals surface area (Å²) >= 11 is 1.62. The van der Waals surface area contributed by atoms with Crippen molar-refractivity contribution in [3.05, 3.63) is 47.4 Å². The second-order valence-electron chi connectivity index (χ2n) is 6.14. The standard InChI is InChI=1S/C17H16F3N5S/c18-17(19,20)14-9-12(1-3-21-14)10-24-4-6-25(7-5-24)16-15-13(2-8-26-15)22-11-23-16/h1-3,8-9,11H,4-7,10H2. The van der Waals surface area contributed by atoms with Crippen LogP contribution in [0.1, 0.15) is 11.3 Å². The minimum atomic E-state index is -4.41. The summed E-state index contributed by atoms with van der Waals surface area (Å²) in [5.41, 5.74) is 0.733. The van der Waals surface area contributed by atoms with Crippen molar-refractivity contribution < 1.29 is 13.2 Å². The number of halogens is 3. The average Bonchev–Trinajstić information content (AvgIpc) is 3.11. The average molecular weight is 379 g/mol. The van der Waals surface area contributed by atoms with Gasteiger partial charge in [0.05, 0.1) is 10.2 Å². The van der Waals surface area contributed by atoms with Crippen LogP contribution in [0, 0.1) is 0 Å². The van der Waals surface area contributed by atoms with Gasteiger partial charge in [-0.3, -0.25) is 9.88 Å². The van der Waals surface area contributed by atoms with Gasteiger partial charge < -0.3 is 4.90 Å². The SMILES string of the molecule is FC(F)(F)c1cc(CN2CCN(c3ncnc4ccsc34)CC2)ccn1. The van der Waals surface area contributed by atoms with Crippen molar-refractivity contribution in [3.8, 4) is 0 Å². The van der Waals surface area contributed by atoms with Crippen LogP contribution in [-0.2, 0) is 12.7 Å². The van der Waals surface area contributed by atoms with Crippen molar-refractivity contribution in [1.82, 2.24) is 19.9 Å². The van der Waals surface area contributed by atoms with E-state index in [0.717, 1.165) is 48.3 Å². The van der Waals surface area contributed by atoms with Gasteiger partial charge in [-0.2, -0.15) is 13.2 Å². The molecule has 26 heavy (non-hydrogen) atoms. The summed E-state index contributed by atoms with van der Waals surface area (Å²) < 4.78 is 39.5. The van der Waals surface area contributed by atoms with Crippen LogP contribution >= 0.6 is 11.3 Å². The first-order valence-electron chi connectivity index (χ1n) is 8.18. The fourth-order valence-electron chi connectivity index (χ4n) is 3.10. The van der Waals surface area contributed by atoms with E-state index in [0.29, 0.717) is 12.1 Å². The topological polar surface area (TPSA) is 45.2 Å². The Hall–Kier alpha value is -2.26. The first kappa shape index (κ1) is 17.2. The van der Waals surface area contributed by atoms with Gasteiger partial charge in [-0.05, 0) is 29.1 Å². The molecule has 136 valence electrons. The summed E-state index contributed by atoms with van der Waals surface area (Å²) in [6, 6.07) is 4.75. The lowest BCUT2D eigenvalue weighted by molar-refractivity contribution is -0.141. The summed E-state index contributed by atoms with van der Waals surface area (Å²) in [4.78, 5) is 16.5. The molecule has 1 aliphatic rings. The molecule has 5 nitrogen and oxygen atoms in total. The van der Waals surface area contributed by atoms with Gasteiger partial charge in [0.25, 0.3) is 0 Å². The number of rotatable bonds is 3. The molecule has 0 radical (unpaired) electrons. The number of nitrogens with zero attached hydrogens (tertiary/aromatic N) is 5. The Morgan fingerprint density at radius 1 is 1.04 bits per heavy atom. The van der Waals surface area contributed by atoms with Crippen LogP contribution in [0.25, 0.3) is 10.2 Å². The van der Waals surface area contributed by atoms with Gasteiger partial charge in [0.15, 0.2) is 0 Å². The van der Waals surface area contributed by atoms with Gasteiger partial charge >= 0.3 is 6.18 Å². The Morgan fingerprint density at radius 3 is 2.62 bits per heavy atom. The molecule has 4 rings (SSSR count). The van der Waals surface area contributed by atoms with E-state index in [1.54, 1.807) is 23.7 Å². The fraction of sp³-hybridized carbons (Fsp3) is 0.353. The molecule has 0 bridgehead atoms. The minimum absolute atomic E-state index is 0.484. The van der Waals surface area contributed by atoms with Gasteiger partial charge in [0.2, 0.25) is 0 Å². The molecule has 0 aromatic carbocycles. The first-order chi connectivity index (χ1) is 12.5. The Labute approximate surface area is 152 Å². The molecule has 0 saturated carbocycles. The molecular weight excluding hydrogens is 363 g/mol. The maximum atomic E-state index is 12.8. The van der Waals surface area contributed by atoms with Gasteiger partial charge in [-0.25, -0.2) is 9.97 Å². The van der Waals surface area contributed by atoms with Crippen LogP contribution < -0.4 is 4.90 Å². The maximum absolute atomic E-state index is 12.8. The molecule has 0 amide bonds. The van der Waals surface area contributed by atoms with Crippen LogP contribution in [0.5, 0.6) is 0 Å². The number of pyridine rings is 1. The lowest BCUT2D eigenvalue weighted by atomic mass is 10.2. The summed E-state index contributed by atoms with van der Waals surface area (Å²) in [5, 5.41) is 2.00. The molecule has 0 spiro atoms. The van der Waals surface area contributed by atoms with Crippen molar-refractivity contribution in [2.24, 2.45) is 0 Å². The van der Waals surface area contributed by atoms with Crippen molar-refractivity contribution in [2.45, 2.75) is 12.7 Å². The lowest BCUT2D eigenvalue weighted by Gasteiger charge is -2.35. The predicted octanol–water partition coefficient (Wildman–Crippen LogP) is 3.43. The van der Waals surface area contributed by atoms with Gasteiger partial charge in [-0.1, -0.05) is 0 Å². The molecule has 9 heteroatoms. The normalized spacial score (nSPS) is 16.3. The van der Waals surface area contributed by atoms with Crippen molar-refractivity contribution in [2.75, 3.05) is 31.1 Å². The Morgan fingerprint density at radius 2 is 1.85 bits per heavy atom. The number of anilines is 1. The highest BCUT2D eigenvalue weighted by molar-refractivity contribution is 7.17. The summed E-state index contributed by atoms with van der Waals surface area (Å²) in [6.45, 7) is 3.57. The Kier molecular flexibility index (Phi) is 4.49. The molecule has 0 N–H and O–H groups in total. The van der Waals surface area contributed by atoms with Crippen LogP contribution in [0.15, 0.2) is 36.1 Å². The molecule has 1 saturated heterocycles. The fourth-order valence-corrected chi connectivity index (χ4v) is 3.97. The van der Waals surface area contributed by atoms with Crippen molar-refractivity contribution in [3.63, 3.8) is 0 Å². The number of piperazine rings is 1. The zero-order valence-corrected chi connectivity index (χ0v) is 14.6. The zero-order chi connectivity index (χ0) is 18.1. The molecule has 3 aromatic heterocycles. The number of thiophene rings is 1. The highest BCUT2D eigenvalue weighted by Gasteiger charge is 2.32. The molecular formula is C17H16F3N5S. The largest absolute Gasteiger partial charge is 0.433 e. The van der Waals surface area contributed by atoms with Gasteiger partial charge in [-0.15, -0.1) is 11.3 Å². The molecule has 4 heterocycles. The highest BCUT2D eigenvalue weighted by atomic mass is 32.1. The zero-order valence-electron chi connectivity index (χ0n) is 13.8. The van der Waals surface area contributed by atoms with E-state index in [2.05, 4.69) is 24.8 Å². The third kappa shape index (κ3) is 3.49. The van der Waals surface area contributed by atoms with Crippen molar-refractivity contribution >= 4 is 27.4 Å². The quantitative estimate of drug-likeness (QED) is 0.698. The number of aromatic nitrogens is 3. The van der Waals surface area contributed by atoms with Crippen LogP contribution in [-0.4, -0.2) is 46.0 Å². The second-order valence-corrected chi connectivity index (χ2v) is 7.06. The molecule has 1 aliphatic heterocycles. The van der Waals surface area contributed by atoms with E-state index in [-0.39, 0.29) is 0 Å². The van der Waals surface area contributed by atoms with Crippen molar-refractivity contribution in [1.29, 1.82) is 0 Å². The molecule has 1 fully saturated rings. The van der Waals surface area contributed by atoms with Gasteiger partial charge in [0, 0.05) is 38.9 Å². The number of alkyl halides is 3. The van der Waals surface area contributed by atoms with E-state index in [4.69, 9.17) is 0 Å². The summed E-state index contributed by atoms with van der Waals surface area (Å²) in [7, 11) is 0. The van der Waals surface area contributed by atoms with Crippen LogP contribution in [0.2, 0.25) is 0 Å². The van der Waals surface area contributed by atoms with E-state index in [1.165, 1.54) is 6.20 Å². The lowest BCUT2D eigenvalue weighted by Crippen LogP contribution is -2.46. The second kappa shape index (κ2) is 6.81. The third-order valence-corrected chi connectivity index (χ3v) is 5.32. The first-order valence-corrected chi connectivity index (χ1v) is 9.06. The third-order valence-electron chi connectivity index (χ3n) is 4.42. The van der Waals surface area contributed by atoms with E-state index >= 15 is 0 Å². The Balaban J connectivity index is 1.42. The minimum Gasteiger partial charge on any atom is -0.353 e. The molecule has 0 unspecified atom stereocenters. The van der Waals surface area contributed by atoms with Crippen LogP contribution in [0.4, 0.5) is 19.0 Å². The predicted molar refractivity (Wildman–Crippen MR) is 94.1 cm³/mol. The number of hydrogen-bond donors (Lipinski definition) is 0. The number of hydrogen-bond acceptors (Lipinski definition) is 6. The summed E-state index contributed by atoms with van der Waals surface area (Å²) in [6.07, 6.45) is -1.61. The van der Waals surface area contributed by atoms with Crippen LogP contribution in [0.3, 0.4) is 0 Å². The van der Waals surface area contributed by atoms with Gasteiger partial charge in [0.1, 0.15) is 17.8 Å². The highest BCUT2D eigenvalue weighted by Crippen LogP contribution is 2.29. The molecule has 0 atom stereocenters.